The summed E-state index contributed by atoms with van der Waals surface area (Å²) in [4.78, 5) is 53.8. The number of rotatable bonds is 14. The van der Waals surface area contributed by atoms with E-state index >= 15 is 0 Å². The summed E-state index contributed by atoms with van der Waals surface area (Å²) >= 11 is 0. The van der Waals surface area contributed by atoms with Crippen LogP contribution in [-0.4, -0.2) is 69.0 Å². The topological polar surface area (TPSA) is 229 Å². The van der Waals surface area contributed by atoms with Crippen LogP contribution >= 0.6 is 0 Å². The summed E-state index contributed by atoms with van der Waals surface area (Å²) in [6.45, 7) is 11.1. The van der Waals surface area contributed by atoms with Crippen molar-refractivity contribution in [1.29, 1.82) is 0 Å². The maximum atomic E-state index is 14.3. The van der Waals surface area contributed by atoms with Crippen molar-refractivity contribution >= 4 is 39.8 Å². The highest BCUT2D eigenvalue weighted by Gasteiger charge is 2.35. The Kier molecular flexibility index (Phi) is 12.5. The predicted octanol–water partition coefficient (Wildman–Crippen LogP) is 5.34. The normalized spacial score (nSPS) is 13.8. The molecular formula is C44H52N4O12. The molecule has 0 bridgehead atoms. The average Bonchev–Trinajstić information content (AvgIpc) is 3.58. The Labute approximate surface area is 346 Å². The smallest absolute Gasteiger partial charge is 0.361 e. The Morgan fingerprint density at radius 2 is 1.20 bits per heavy atom. The Morgan fingerprint density at radius 3 is 1.75 bits per heavy atom. The zero-order chi connectivity index (χ0) is 43.9. The van der Waals surface area contributed by atoms with Crippen LogP contribution in [0.1, 0.15) is 47.1 Å². The quantitative estimate of drug-likeness (QED) is 0.0729. The van der Waals surface area contributed by atoms with Crippen LogP contribution in [0.5, 0.6) is 40.2 Å². The predicted molar refractivity (Wildman–Crippen MR) is 224 cm³/mol. The number of nitrogens with two attached hydrogens (primary N) is 3. The van der Waals surface area contributed by atoms with Crippen LogP contribution in [0.3, 0.4) is 0 Å². The van der Waals surface area contributed by atoms with E-state index in [1.807, 2.05) is 32.3 Å². The number of methoxy groups -OCH3 is 4. The fourth-order valence-electron chi connectivity index (χ4n) is 7.12. The van der Waals surface area contributed by atoms with Gasteiger partial charge in [0.15, 0.2) is 34.5 Å². The van der Waals surface area contributed by atoms with Gasteiger partial charge in [-0.25, -0.2) is 19.2 Å². The highest BCUT2D eigenvalue weighted by molar-refractivity contribution is 6.17. The van der Waals surface area contributed by atoms with E-state index in [-0.39, 0.29) is 82.1 Å². The number of carbonyl (C=O) groups is 3. The van der Waals surface area contributed by atoms with Gasteiger partial charge < -0.3 is 59.3 Å². The number of esters is 3. The zero-order valence-electron chi connectivity index (χ0n) is 35.4. The molecule has 0 aliphatic carbocycles. The van der Waals surface area contributed by atoms with Crippen molar-refractivity contribution in [3.8, 4) is 62.6 Å². The van der Waals surface area contributed by atoms with E-state index in [1.165, 1.54) is 34.5 Å². The molecule has 60 heavy (non-hydrogen) atoms. The maximum Gasteiger partial charge on any atom is 0.361 e. The third kappa shape index (κ3) is 7.73. The fourth-order valence-corrected chi connectivity index (χ4v) is 7.12. The number of ether oxygens (including phenoxy) is 7. The fraction of sp³-hybridized carbons (Fsp3) is 0.409. The minimum absolute atomic E-state index is 0.000179. The molecule has 5 aromatic rings. The van der Waals surface area contributed by atoms with E-state index in [9.17, 15) is 19.2 Å². The standard InChI is InChI=1S/C44H52N4O12/c1-19(2)34(45)41(49)57-26-12-11-22(15-28(26)53-7)32-33-25-17-29(54-8)30(59-42(50)35(46)20(3)4)18-27(25)58-44(52)38(33)48-14-13-23-24(37(32)48)16-31(55-9)40(56-10)39(23)60-43(51)36(47)21(5)6/h11-12,15-21,34-36H,13-14,45-47H2,1-10H3/t34-,35-,36-/m1/s1. The molecule has 0 spiro atoms. The molecule has 3 aromatic carbocycles. The van der Waals surface area contributed by atoms with Gasteiger partial charge in [-0.15, -0.1) is 0 Å². The van der Waals surface area contributed by atoms with E-state index in [1.54, 1.807) is 44.2 Å². The third-order valence-electron chi connectivity index (χ3n) is 10.8. The summed E-state index contributed by atoms with van der Waals surface area (Å²) in [6.07, 6.45) is 0.283. The van der Waals surface area contributed by atoms with Crippen LogP contribution in [0.4, 0.5) is 0 Å². The van der Waals surface area contributed by atoms with Crippen LogP contribution in [0, 0.1) is 17.8 Å². The summed E-state index contributed by atoms with van der Waals surface area (Å²) in [5.74, 6) is -1.57. The summed E-state index contributed by atoms with van der Waals surface area (Å²) < 4.78 is 48.4. The van der Waals surface area contributed by atoms with Crippen molar-refractivity contribution in [2.75, 3.05) is 28.4 Å². The number of aryl methyl sites for hydroxylation is 1. The van der Waals surface area contributed by atoms with Gasteiger partial charge in [0.2, 0.25) is 5.75 Å². The van der Waals surface area contributed by atoms with Crippen molar-refractivity contribution < 1.29 is 52.0 Å². The summed E-state index contributed by atoms with van der Waals surface area (Å²) in [5.41, 5.74) is 20.8. The second kappa shape index (κ2) is 17.2. The maximum absolute atomic E-state index is 14.3. The highest BCUT2D eigenvalue weighted by Crippen LogP contribution is 2.53. The summed E-state index contributed by atoms with van der Waals surface area (Å²) in [5, 5.41) is 0.878. The number of carbonyl (C=O) groups excluding carboxylic acids is 3. The van der Waals surface area contributed by atoms with Crippen LogP contribution in [0.2, 0.25) is 0 Å². The van der Waals surface area contributed by atoms with Crippen LogP contribution < -0.4 is 56.0 Å². The minimum atomic E-state index is -0.937. The van der Waals surface area contributed by atoms with Gasteiger partial charge in [0.05, 0.1) is 34.1 Å². The molecule has 0 saturated carbocycles. The number of hydrogen-bond acceptors (Lipinski definition) is 15. The second-order valence-electron chi connectivity index (χ2n) is 15.6. The molecule has 3 atom stereocenters. The van der Waals surface area contributed by atoms with Gasteiger partial charge in [-0.05, 0) is 54.0 Å². The molecule has 0 unspecified atom stereocenters. The summed E-state index contributed by atoms with van der Waals surface area (Å²) in [6, 6.07) is 7.02. The third-order valence-corrected chi connectivity index (χ3v) is 10.8. The van der Waals surface area contributed by atoms with Crippen molar-refractivity contribution in [1.82, 2.24) is 4.57 Å². The Hall–Kier alpha value is -6.10. The molecule has 3 heterocycles. The van der Waals surface area contributed by atoms with Gasteiger partial charge >= 0.3 is 23.5 Å². The molecule has 2 aromatic heterocycles. The molecule has 320 valence electrons. The van der Waals surface area contributed by atoms with Crippen molar-refractivity contribution in [3.05, 3.63) is 52.4 Å². The van der Waals surface area contributed by atoms with E-state index in [2.05, 4.69) is 0 Å². The molecule has 0 amide bonds. The number of benzene rings is 3. The lowest BCUT2D eigenvalue weighted by molar-refractivity contribution is -0.137. The van der Waals surface area contributed by atoms with Crippen molar-refractivity contribution in [2.45, 2.75) is 72.6 Å². The first kappa shape index (κ1) is 43.5. The molecule has 16 nitrogen and oxygen atoms in total. The van der Waals surface area contributed by atoms with Crippen molar-refractivity contribution in [2.24, 2.45) is 35.0 Å². The molecular weight excluding hydrogens is 776 g/mol. The molecule has 16 heteroatoms. The highest BCUT2D eigenvalue weighted by atomic mass is 16.6. The Bertz CT molecular complexity index is 2550. The van der Waals surface area contributed by atoms with Gasteiger partial charge in [-0.2, -0.15) is 0 Å². The zero-order valence-corrected chi connectivity index (χ0v) is 35.4. The molecule has 0 radical (unpaired) electrons. The van der Waals surface area contributed by atoms with Gasteiger partial charge in [0.25, 0.3) is 0 Å². The van der Waals surface area contributed by atoms with E-state index in [0.29, 0.717) is 38.7 Å². The van der Waals surface area contributed by atoms with Crippen molar-refractivity contribution in [3.63, 3.8) is 0 Å². The van der Waals surface area contributed by atoms with Gasteiger partial charge in [-0.3, -0.25) is 0 Å². The average molecular weight is 829 g/mol. The Morgan fingerprint density at radius 1 is 0.650 bits per heavy atom. The Balaban J connectivity index is 1.71. The van der Waals surface area contributed by atoms with Crippen LogP contribution in [0.25, 0.3) is 44.3 Å². The minimum Gasteiger partial charge on any atom is -0.493 e. The molecule has 1 aliphatic rings. The molecule has 6 rings (SSSR count). The van der Waals surface area contributed by atoms with Gasteiger partial charge in [-0.1, -0.05) is 47.6 Å². The van der Waals surface area contributed by atoms with Gasteiger partial charge in [0.1, 0.15) is 29.2 Å². The summed E-state index contributed by atoms with van der Waals surface area (Å²) in [7, 11) is 5.75. The van der Waals surface area contributed by atoms with Gasteiger partial charge in [0, 0.05) is 40.1 Å². The van der Waals surface area contributed by atoms with Crippen LogP contribution in [-0.2, 0) is 27.3 Å². The first-order valence-corrected chi connectivity index (χ1v) is 19.6. The second-order valence-corrected chi connectivity index (χ2v) is 15.6. The molecule has 0 fully saturated rings. The lowest BCUT2D eigenvalue weighted by atomic mass is 9.91. The number of nitrogens with zero attached hydrogens (tertiary/aromatic N) is 1. The first-order valence-electron chi connectivity index (χ1n) is 19.6. The molecule has 1 aliphatic heterocycles. The van der Waals surface area contributed by atoms with E-state index in [0.717, 1.165) is 0 Å². The van der Waals surface area contributed by atoms with E-state index < -0.39 is 41.7 Å². The number of hydrogen-bond donors (Lipinski definition) is 3. The largest absolute Gasteiger partial charge is 0.493 e. The van der Waals surface area contributed by atoms with Crippen LogP contribution in [0.15, 0.2) is 45.6 Å². The SMILES string of the molecule is COc1cc(-c2c3n(c4c(=O)oc5cc(OC(=O)[C@H](N)C(C)C)c(OC)cc5c24)CCc2c-3cc(OC)c(OC)c2OC(=O)[C@H](N)C(C)C)ccc1OC(=O)[C@H](N)C(C)C. The number of fused-ring (bicyclic) bond motifs is 7. The lowest BCUT2D eigenvalue weighted by Crippen LogP contribution is -2.39. The van der Waals surface area contributed by atoms with E-state index in [4.69, 9.17) is 54.8 Å². The lowest BCUT2D eigenvalue weighted by Gasteiger charge is -2.26. The first-order chi connectivity index (χ1) is 28.5. The monoisotopic (exact) mass is 828 g/mol. The molecule has 0 saturated heterocycles. The number of aromatic nitrogens is 1. The molecule has 6 N–H and O–H groups in total.